The Labute approximate surface area is 98.4 Å². The zero-order valence-corrected chi connectivity index (χ0v) is 9.99. The van der Waals surface area contributed by atoms with Gasteiger partial charge in [-0.2, -0.15) is 5.10 Å². The van der Waals surface area contributed by atoms with Crippen molar-refractivity contribution in [1.82, 2.24) is 9.78 Å². The number of aromatic nitrogens is 2. The molecule has 0 fully saturated rings. The minimum atomic E-state index is 0.636. The second-order valence-corrected chi connectivity index (χ2v) is 4.03. The number of ether oxygens (including phenoxy) is 1. The van der Waals surface area contributed by atoms with Crippen LogP contribution in [0.4, 0.5) is 5.82 Å². The maximum absolute atomic E-state index is 5.99. The van der Waals surface area contributed by atoms with Gasteiger partial charge in [0.05, 0.1) is 18.2 Å². The van der Waals surface area contributed by atoms with Crippen molar-refractivity contribution in [2.24, 2.45) is 0 Å². The molecule has 0 spiro atoms. The summed E-state index contributed by atoms with van der Waals surface area (Å²) in [6.45, 7) is 0. The molecule has 1 heterocycles. The van der Waals surface area contributed by atoms with Crippen LogP contribution >= 0.6 is 11.8 Å². The predicted molar refractivity (Wildman–Crippen MR) is 66.3 cm³/mol. The molecule has 0 radical (unpaired) electrons. The fourth-order valence-electron chi connectivity index (χ4n) is 1.50. The minimum Gasteiger partial charge on any atom is -0.494 e. The number of methoxy groups -OCH3 is 1. The van der Waals surface area contributed by atoms with Crippen LogP contribution in [0.3, 0.4) is 0 Å². The van der Waals surface area contributed by atoms with Crippen LogP contribution in [0.25, 0.3) is 5.69 Å². The Morgan fingerprint density at radius 3 is 2.75 bits per heavy atom. The Hall–Kier alpha value is -1.62. The van der Waals surface area contributed by atoms with E-state index in [0.29, 0.717) is 5.82 Å². The van der Waals surface area contributed by atoms with E-state index >= 15 is 0 Å². The lowest BCUT2D eigenvalue weighted by atomic mass is 10.3. The lowest BCUT2D eigenvalue weighted by Crippen LogP contribution is -2.03. The highest BCUT2D eigenvalue weighted by Gasteiger charge is 2.11. The molecule has 1 aromatic heterocycles. The molecule has 2 aromatic rings. The SMILES string of the molecule is COc1ccccc1-n1ncc(SC)c1N. The van der Waals surface area contributed by atoms with Gasteiger partial charge in [-0.3, -0.25) is 0 Å². The van der Waals surface area contributed by atoms with Crippen molar-refractivity contribution in [3.63, 3.8) is 0 Å². The summed E-state index contributed by atoms with van der Waals surface area (Å²) in [7, 11) is 1.63. The highest BCUT2D eigenvalue weighted by atomic mass is 32.2. The topological polar surface area (TPSA) is 53.1 Å². The van der Waals surface area contributed by atoms with Crippen molar-refractivity contribution in [2.75, 3.05) is 19.1 Å². The fraction of sp³-hybridized carbons (Fsp3) is 0.182. The van der Waals surface area contributed by atoms with Crippen LogP contribution in [-0.2, 0) is 0 Å². The number of rotatable bonds is 3. The third-order valence-corrected chi connectivity index (χ3v) is 3.06. The van der Waals surface area contributed by atoms with Gasteiger partial charge in [-0.15, -0.1) is 11.8 Å². The first kappa shape index (κ1) is 10.9. The number of nitrogen functional groups attached to an aromatic ring is 1. The van der Waals surface area contributed by atoms with Crippen LogP contribution in [0.5, 0.6) is 5.75 Å². The van der Waals surface area contributed by atoms with Gasteiger partial charge >= 0.3 is 0 Å². The van der Waals surface area contributed by atoms with E-state index in [1.165, 1.54) is 0 Å². The fourth-order valence-corrected chi connectivity index (χ4v) is 1.95. The summed E-state index contributed by atoms with van der Waals surface area (Å²) in [5, 5.41) is 4.26. The van der Waals surface area contributed by atoms with E-state index in [9.17, 15) is 0 Å². The molecule has 16 heavy (non-hydrogen) atoms. The van der Waals surface area contributed by atoms with E-state index < -0.39 is 0 Å². The maximum Gasteiger partial charge on any atom is 0.144 e. The maximum atomic E-state index is 5.99. The van der Waals surface area contributed by atoms with Gasteiger partial charge in [0.25, 0.3) is 0 Å². The average Bonchev–Trinajstić information content (AvgIpc) is 2.70. The highest BCUT2D eigenvalue weighted by Crippen LogP contribution is 2.28. The van der Waals surface area contributed by atoms with Crippen LogP contribution in [0.1, 0.15) is 0 Å². The molecule has 4 nitrogen and oxygen atoms in total. The number of anilines is 1. The molecule has 0 aliphatic carbocycles. The second-order valence-electron chi connectivity index (χ2n) is 3.18. The normalized spacial score (nSPS) is 10.4. The summed E-state index contributed by atoms with van der Waals surface area (Å²) in [5.74, 6) is 1.39. The first-order valence-corrected chi connectivity index (χ1v) is 6.01. The monoisotopic (exact) mass is 235 g/mol. The van der Waals surface area contributed by atoms with E-state index in [0.717, 1.165) is 16.3 Å². The summed E-state index contributed by atoms with van der Waals surface area (Å²) in [6, 6.07) is 7.65. The molecule has 0 aliphatic heterocycles. The van der Waals surface area contributed by atoms with Gasteiger partial charge in [0.15, 0.2) is 0 Å². The van der Waals surface area contributed by atoms with Gasteiger partial charge in [-0.05, 0) is 18.4 Å². The van der Waals surface area contributed by atoms with Gasteiger partial charge in [0, 0.05) is 0 Å². The van der Waals surface area contributed by atoms with Gasteiger partial charge in [0.2, 0.25) is 0 Å². The van der Waals surface area contributed by atoms with Crippen LogP contribution < -0.4 is 10.5 Å². The lowest BCUT2D eigenvalue weighted by molar-refractivity contribution is 0.412. The molecular formula is C11H13N3OS. The highest BCUT2D eigenvalue weighted by molar-refractivity contribution is 7.98. The first-order chi connectivity index (χ1) is 7.77. The quantitative estimate of drug-likeness (QED) is 0.828. The van der Waals surface area contributed by atoms with Crippen LogP contribution in [0.15, 0.2) is 35.4 Å². The van der Waals surface area contributed by atoms with Crippen molar-refractivity contribution in [1.29, 1.82) is 0 Å². The Morgan fingerprint density at radius 2 is 2.12 bits per heavy atom. The Kier molecular flexibility index (Phi) is 3.05. The summed E-state index contributed by atoms with van der Waals surface area (Å²) in [6.07, 6.45) is 3.73. The van der Waals surface area contributed by atoms with Crippen LogP contribution in [-0.4, -0.2) is 23.1 Å². The first-order valence-electron chi connectivity index (χ1n) is 4.78. The molecule has 0 saturated heterocycles. The van der Waals surface area contributed by atoms with Crippen molar-refractivity contribution in [3.8, 4) is 11.4 Å². The number of benzene rings is 1. The molecule has 0 saturated carbocycles. The smallest absolute Gasteiger partial charge is 0.144 e. The number of nitrogens with two attached hydrogens (primary N) is 1. The third-order valence-electron chi connectivity index (χ3n) is 2.30. The molecule has 2 N–H and O–H groups in total. The largest absolute Gasteiger partial charge is 0.494 e. The molecule has 0 aliphatic rings. The zero-order chi connectivity index (χ0) is 11.5. The number of nitrogens with zero attached hydrogens (tertiary/aromatic N) is 2. The van der Waals surface area contributed by atoms with E-state index in [2.05, 4.69) is 5.10 Å². The summed E-state index contributed by atoms with van der Waals surface area (Å²) >= 11 is 1.58. The van der Waals surface area contributed by atoms with Crippen molar-refractivity contribution >= 4 is 17.6 Å². The second kappa shape index (κ2) is 4.49. The Bertz CT molecular complexity index is 496. The predicted octanol–water partition coefficient (Wildman–Crippen LogP) is 2.19. The third kappa shape index (κ3) is 1.74. The summed E-state index contributed by atoms with van der Waals surface area (Å²) < 4.78 is 6.96. The molecule has 0 unspecified atom stereocenters. The van der Waals surface area contributed by atoms with Gasteiger partial charge in [-0.1, -0.05) is 12.1 Å². The van der Waals surface area contributed by atoms with E-state index in [4.69, 9.17) is 10.5 Å². The van der Waals surface area contributed by atoms with E-state index in [-0.39, 0.29) is 0 Å². The molecule has 0 atom stereocenters. The summed E-state index contributed by atoms with van der Waals surface area (Å²) in [5.41, 5.74) is 6.84. The zero-order valence-electron chi connectivity index (χ0n) is 9.18. The van der Waals surface area contributed by atoms with Gasteiger partial charge in [-0.25, -0.2) is 4.68 Å². The Morgan fingerprint density at radius 1 is 1.38 bits per heavy atom. The molecule has 5 heteroatoms. The van der Waals surface area contributed by atoms with E-state index in [1.807, 2.05) is 30.5 Å². The minimum absolute atomic E-state index is 0.636. The molecule has 1 aromatic carbocycles. The standard InChI is InChI=1S/C11H13N3OS/c1-15-9-6-4-3-5-8(9)14-11(12)10(16-2)7-13-14/h3-7H,12H2,1-2H3. The number of hydrogen-bond acceptors (Lipinski definition) is 4. The van der Waals surface area contributed by atoms with Crippen LogP contribution in [0.2, 0.25) is 0 Å². The van der Waals surface area contributed by atoms with Gasteiger partial charge < -0.3 is 10.5 Å². The Balaban J connectivity index is 2.54. The molecule has 0 bridgehead atoms. The number of para-hydroxylation sites is 2. The van der Waals surface area contributed by atoms with Crippen molar-refractivity contribution < 1.29 is 4.74 Å². The average molecular weight is 235 g/mol. The van der Waals surface area contributed by atoms with Gasteiger partial charge in [0.1, 0.15) is 17.3 Å². The van der Waals surface area contributed by atoms with Crippen molar-refractivity contribution in [3.05, 3.63) is 30.5 Å². The van der Waals surface area contributed by atoms with Crippen LogP contribution in [0, 0.1) is 0 Å². The molecule has 0 amide bonds. The molecule has 84 valence electrons. The molecular weight excluding hydrogens is 222 g/mol. The number of hydrogen-bond donors (Lipinski definition) is 1. The molecule has 2 rings (SSSR count). The van der Waals surface area contributed by atoms with E-state index in [1.54, 1.807) is 29.8 Å². The lowest BCUT2D eigenvalue weighted by Gasteiger charge is -2.09. The number of thioether (sulfide) groups is 1. The summed E-state index contributed by atoms with van der Waals surface area (Å²) in [4.78, 5) is 0.964. The van der Waals surface area contributed by atoms with Crippen molar-refractivity contribution in [2.45, 2.75) is 4.90 Å².